The molecule has 0 aliphatic heterocycles. The topological polar surface area (TPSA) is 63.7 Å². The Hall–Kier alpha value is -1.91. The summed E-state index contributed by atoms with van der Waals surface area (Å²) in [6.45, 7) is 10.9. The Kier molecular flexibility index (Phi) is 6.16. The Labute approximate surface area is 199 Å². The Balaban J connectivity index is 1.74. The molecule has 0 radical (unpaired) electrons. The van der Waals surface area contributed by atoms with Gasteiger partial charge >= 0.3 is 5.97 Å². The maximum atomic E-state index is 13.9. The molecular weight excluding hydrogens is 414 g/mol. The van der Waals surface area contributed by atoms with Crippen molar-refractivity contribution in [3.63, 3.8) is 0 Å². The van der Waals surface area contributed by atoms with Gasteiger partial charge in [0.05, 0.1) is 0 Å². The maximum absolute atomic E-state index is 13.9. The van der Waals surface area contributed by atoms with Crippen molar-refractivity contribution >= 4 is 17.7 Å². The summed E-state index contributed by atoms with van der Waals surface area (Å²) in [7, 11) is 1.85. The Bertz CT molecular complexity index is 919. The highest BCUT2D eigenvalue weighted by molar-refractivity contribution is 5.92. The van der Waals surface area contributed by atoms with E-state index in [0.717, 1.165) is 38.5 Å². The number of carbonyl (C=O) groups excluding carboxylic acids is 3. The number of unbranched alkanes of at least 4 members (excludes halogenated alkanes) is 1. The molecule has 4 aliphatic carbocycles. The summed E-state index contributed by atoms with van der Waals surface area (Å²) in [6, 6.07) is 0. The summed E-state index contributed by atoms with van der Waals surface area (Å²) >= 11 is 0. The largest absolute Gasteiger partial charge is 0.449 e. The van der Waals surface area contributed by atoms with Crippen molar-refractivity contribution in [1.82, 2.24) is 4.90 Å². The van der Waals surface area contributed by atoms with Gasteiger partial charge in [-0.05, 0) is 80.3 Å². The fraction of sp³-hybridized carbons (Fsp3) is 0.750. The first-order chi connectivity index (χ1) is 15.5. The van der Waals surface area contributed by atoms with Crippen molar-refractivity contribution in [1.29, 1.82) is 0 Å². The fourth-order valence-corrected chi connectivity index (χ4v) is 8.03. The van der Waals surface area contributed by atoms with Crippen LogP contribution < -0.4 is 0 Å². The Morgan fingerprint density at radius 3 is 2.52 bits per heavy atom. The van der Waals surface area contributed by atoms with Crippen LogP contribution >= 0.6 is 0 Å². The number of fused-ring (bicyclic) bond motifs is 5. The van der Waals surface area contributed by atoms with Crippen molar-refractivity contribution in [2.45, 2.75) is 91.6 Å². The lowest BCUT2D eigenvalue weighted by atomic mass is 9.47. The van der Waals surface area contributed by atoms with Gasteiger partial charge in [-0.1, -0.05) is 38.8 Å². The number of ketones is 1. The highest BCUT2D eigenvalue weighted by atomic mass is 16.6. The first kappa shape index (κ1) is 24.2. The van der Waals surface area contributed by atoms with Crippen LogP contribution in [0.4, 0.5) is 0 Å². The average Bonchev–Trinajstić information content (AvgIpc) is 3.05. The van der Waals surface area contributed by atoms with Gasteiger partial charge in [-0.3, -0.25) is 14.4 Å². The van der Waals surface area contributed by atoms with Gasteiger partial charge in [0.15, 0.2) is 11.4 Å². The molecule has 1 amide bonds. The molecule has 33 heavy (non-hydrogen) atoms. The molecular formula is C28H41NO4. The first-order valence-corrected chi connectivity index (χ1v) is 12.9. The number of amides is 1. The predicted molar refractivity (Wildman–Crippen MR) is 128 cm³/mol. The van der Waals surface area contributed by atoms with Crippen LogP contribution in [-0.4, -0.2) is 41.8 Å². The van der Waals surface area contributed by atoms with Gasteiger partial charge in [0.1, 0.15) is 0 Å². The first-order valence-electron chi connectivity index (χ1n) is 12.9. The molecule has 2 fully saturated rings. The quantitative estimate of drug-likeness (QED) is 0.532. The van der Waals surface area contributed by atoms with Crippen molar-refractivity contribution in [2.24, 2.45) is 28.6 Å². The summed E-state index contributed by atoms with van der Waals surface area (Å²) in [5, 5.41) is 0. The third kappa shape index (κ3) is 3.52. The van der Waals surface area contributed by atoms with E-state index < -0.39 is 11.0 Å². The van der Waals surface area contributed by atoms with Crippen LogP contribution in [0.1, 0.15) is 86.0 Å². The monoisotopic (exact) mass is 455 g/mol. The van der Waals surface area contributed by atoms with Crippen LogP contribution in [0.15, 0.2) is 23.3 Å². The van der Waals surface area contributed by atoms with Crippen molar-refractivity contribution < 1.29 is 19.1 Å². The van der Waals surface area contributed by atoms with Gasteiger partial charge < -0.3 is 9.64 Å². The summed E-state index contributed by atoms with van der Waals surface area (Å²) < 4.78 is 6.08. The number of esters is 1. The predicted octanol–water partition coefficient (Wildman–Crippen LogP) is 5.24. The lowest BCUT2D eigenvalue weighted by molar-refractivity contribution is -0.193. The molecule has 182 valence electrons. The van der Waals surface area contributed by atoms with Gasteiger partial charge in [0.25, 0.3) is 5.91 Å². The molecule has 0 bridgehead atoms. The number of ether oxygens (including phenoxy) is 1. The zero-order chi connectivity index (χ0) is 24.2. The number of rotatable bonds is 5. The van der Waals surface area contributed by atoms with Crippen molar-refractivity contribution in [2.75, 3.05) is 13.6 Å². The zero-order valence-electron chi connectivity index (χ0n) is 21.3. The zero-order valence-corrected chi connectivity index (χ0v) is 21.3. The Morgan fingerprint density at radius 2 is 1.85 bits per heavy atom. The van der Waals surface area contributed by atoms with Crippen molar-refractivity contribution in [3.05, 3.63) is 23.3 Å². The van der Waals surface area contributed by atoms with Crippen LogP contribution in [0.5, 0.6) is 0 Å². The molecule has 5 nitrogen and oxygen atoms in total. The van der Waals surface area contributed by atoms with E-state index in [4.69, 9.17) is 4.74 Å². The van der Waals surface area contributed by atoms with E-state index in [-0.39, 0.29) is 29.0 Å². The number of nitrogens with zero attached hydrogens (tertiary/aromatic N) is 1. The minimum atomic E-state index is -1.09. The molecule has 6 atom stereocenters. The van der Waals surface area contributed by atoms with Crippen LogP contribution in [0, 0.1) is 28.6 Å². The van der Waals surface area contributed by atoms with Crippen molar-refractivity contribution in [3.8, 4) is 0 Å². The molecule has 4 aliphatic rings. The Morgan fingerprint density at radius 1 is 1.15 bits per heavy atom. The summed E-state index contributed by atoms with van der Waals surface area (Å²) in [5.41, 5.74) is 0.970. The molecule has 0 aromatic heterocycles. The average molecular weight is 456 g/mol. The minimum absolute atomic E-state index is 0.00729. The fourth-order valence-electron chi connectivity index (χ4n) is 8.03. The van der Waals surface area contributed by atoms with E-state index in [1.54, 1.807) is 4.90 Å². The maximum Gasteiger partial charge on any atom is 0.303 e. The molecule has 0 saturated heterocycles. The molecule has 0 heterocycles. The minimum Gasteiger partial charge on any atom is -0.449 e. The van der Waals surface area contributed by atoms with Crippen LogP contribution in [-0.2, 0) is 19.1 Å². The van der Waals surface area contributed by atoms with Gasteiger partial charge in [0, 0.05) is 32.4 Å². The number of allylic oxidation sites excluding steroid dienone is 4. The molecule has 5 heteroatoms. The van der Waals surface area contributed by atoms with E-state index in [0.29, 0.717) is 31.2 Å². The van der Waals surface area contributed by atoms with Crippen LogP contribution in [0.25, 0.3) is 0 Å². The summed E-state index contributed by atoms with van der Waals surface area (Å²) in [5.74, 6) is 0.926. The lowest BCUT2D eigenvalue weighted by Crippen LogP contribution is -2.61. The van der Waals surface area contributed by atoms with Gasteiger partial charge in [-0.25, -0.2) is 0 Å². The second-order valence-electron chi connectivity index (χ2n) is 11.6. The molecule has 4 unspecified atom stereocenters. The van der Waals surface area contributed by atoms with Gasteiger partial charge in [-0.15, -0.1) is 0 Å². The van der Waals surface area contributed by atoms with E-state index in [1.165, 1.54) is 18.1 Å². The molecule has 0 spiro atoms. The third-order valence-electron chi connectivity index (χ3n) is 9.81. The molecule has 4 rings (SSSR count). The SMILES string of the molecule is CCCCN(C)C(=O)C1(OC(C)=O)CCC2C3C=C(C)C4=CC(=O)CC[C@]4(C)C3CC[C@@]21C. The summed E-state index contributed by atoms with van der Waals surface area (Å²) in [4.78, 5) is 40.2. The molecule has 0 N–H and O–H groups in total. The second kappa shape index (κ2) is 8.39. The normalized spacial score (nSPS) is 39.6. The second-order valence-corrected chi connectivity index (χ2v) is 11.6. The third-order valence-corrected chi connectivity index (χ3v) is 9.81. The standard InChI is InChI=1S/C28H41NO4/c1-7-8-15-29(6)25(32)28(33-19(3)30)14-11-23-21-16-18(2)24-17-20(31)9-12-26(24,4)22(21)10-13-27(23,28)5/h16-17,21-23H,7-15H2,1-6H3/t21?,22?,23?,26-,27+,28?/m1/s1. The van der Waals surface area contributed by atoms with Crippen LogP contribution in [0.2, 0.25) is 0 Å². The number of hydrogen-bond donors (Lipinski definition) is 0. The van der Waals surface area contributed by atoms with E-state index in [1.807, 2.05) is 13.1 Å². The smallest absolute Gasteiger partial charge is 0.303 e. The number of likely N-dealkylation sites (N-methyl/N-ethyl adjacent to an activating group) is 1. The summed E-state index contributed by atoms with van der Waals surface area (Å²) in [6.07, 6.45) is 11.1. The van der Waals surface area contributed by atoms with Gasteiger partial charge in [-0.2, -0.15) is 0 Å². The van der Waals surface area contributed by atoms with Crippen LogP contribution in [0.3, 0.4) is 0 Å². The number of carbonyl (C=O) groups is 3. The van der Waals surface area contributed by atoms with Gasteiger partial charge in [0.2, 0.25) is 0 Å². The van der Waals surface area contributed by atoms with E-state index in [2.05, 4.69) is 33.8 Å². The highest BCUT2D eigenvalue weighted by Crippen LogP contribution is 2.68. The molecule has 2 saturated carbocycles. The van der Waals surface area contributed by atoms with E-state index in [9.17, 15) is 14.4 Å². The number of hydrogen-bond acceptors (Lipinski definition) is 4. The highest BCUT2D eigenvalue weighted by Gasteiger charge is 2.69. The molecule has 0 aromatic carbocycles. The van der Waals surface area contributed by atoms with E-state index >= 15 is 0 Å². The molecule has 0 aromatic rings. The lowest BCUT2D eigenvalue weighted by Gasteiger charge is -2.58.